The van der Waals surface area contributed by atoms with Crippen molar-refractivity contribution < 1.29 is 14.1 Å². The van der Waals surface area contributed by atoms with Gasteiger partial charge in [0.2, 0.25) is 0 Å². The predicted octanol–water partition coefficient (Wildman–Crippen LogP) is 4.61. The van der Waals surface area contributed by atoms with E-state index in [-0.39, 0.29) is 6.61 Å². The van der Waals surface area contributed by atoms with Gasteiger partial charge in [-0.3, -0.25) is 0 Å². The minimum atomic E-state index is 0.259. The van der Waals surface area contributed by atoms with Crippen molar-refractivity contribution in [1.29, 1.82) is 0 Å². The lowest BCUT2D eigenvalue weighted by Crippen LogP contribution is -2.12. The second-order valence-corrected chi connectivity index (χ2v) is 6.23. The van der Waals surface area contributed by atoms with E-state index in [2.05, 4.69) is 22.4 Å². The van der Waals surface area contributed by atoms with Gasteiger partial charge in [0, 0.05) is 17.2 Å². The molecular formula is C21H20N2O3. The Morgan fingerprint density at radius 3 is 2.81 bits per heavy atom. The van der Waals surface area contributed by atoms with E-state index in [0.717, 1.165) is 47.5 Å². The van der Waals surface area contributed by atoms with Gasteiger partial charge in [-0.05, 0) is 43.0 Å². The fraction of sp³-hybridized carbons (Fsp3) is 0.238. The molecule has 0 atom stereocenters. The number of hydrogen-bond acceptors (Lipinski definition) is 5. The molecule has 2 aromatic carbocycles. The molecule has 0 unspecified atom stereocenters. The summed E-state index contributed by atoms with van der Waals surface area (Å²) in [4.78, 5) is 5.54. The molecule has 26 heavy (non-hydrogen) atoms. The number of rotatable bonds is 5. The quantitative estimate of drug-likeness (QED) is 0.632. The Morgan fingerprint density at radius 2 is 1.96 bits per heavy atom. The maximum Gasteiger partial charge on any atom is 0.177 e. The van der Waals surface area contributed by atoms with E-state index in [0.29, 0.717) is 5.76 Å². The molecular weight excluding hydrogens is 328 g/mol. The molecule has 132 valence electrons. The van der Waals surface area contributed by atoms with Crippen molar-refractivity contribution in [2.45, 2.75) is 25.9 Å². The van der Waals surface area contributed by atoms with Crippen LogP contribution in [-0.2, 0) is 17.9 Å². The van der Waals surface area contributed by atoms with Crippen molar-refractivity contribution in [3.63, 3.8) is 0 Å². The Hall–Kier alpha value is -3.08. The number of methoxy groups -OCH3 is 1. The van der Waals surface area contributed by atoms with Gasteiger partial charge < -0.3 is 14.1 Å². The Kier molecular flexibility index (Phi) is 4.69. The molecule has 0 fully saturated rings. The average molecular weight is 348 g/mol. The summed E-state index contributed by atoms with van der Waals surface area (Å²) >= 11 is 0. The highest BCUT2D eigenvalue weighted by molar-refractivity contribution is 6.02. The summed E-state index contributed by atoms with van der Waals surface area (Å²) < 4.78 is 10.7. The van der Waals surface area contributed by atoms with Gasteiger partial charge in [0.15, 0.2) is 12.4 Å². The zero-order valence-corrected chi connectivity index (χ0v) is 14.6. The van der Waals surface area contributed by atoms with Crippen molar-refractivity contribution in [3.05, 3.63) is 71.5 Å². The first-order valence-electron chi connectivity index (χ1n) is 8.70. The van der Waals surface area contributed by atoms with E-state index in [1.165, 1.54) is 5.56 Å². The monoisotopic (exact) mass is 348 g/mol. The third kappa shape index (κ3) is 3.47. The lowest BCUT2D eigenvalue weighted by Gasteiger charge is -2.18. The van der Waals surface area contributed by atoms with Crippen LogP contribution < -0.4 is 4.74 Å². The summed E-state index contributed by atoms with van der Waals surface area (Å²) in [7, 11) is 1.68. The molecule has 0 radical (unpaired) electrons. The molecule has 3 aromatic rings. The van der Waals surface area contributed by atoms with E-state index in [1.54, 1.807) is 7.11 Å². The van der Waals surface area contributed by atoms with Crippen molar-refractivity contribution in [2.24, 2.45) is 5.16 Å². The average Bonchev–Trinajstić information content (AvgIpc) is 3.17. The van der Waals surface area contributed by atoms with Crippen LogP contribution in [0.15, 0.2) is 64.3 Å². The van der Waals surface area contributed by atoms with E-state index in [4.69, 9.17) is 14.1 Å². The van der Waals surface area contributed by atoms with Crippen LogP contribution in [-0.4, -0.2) is 18.0 Å². The van der Waals surface area contributed by atoms with Crippen LogP contribution in [0.5, 0.6) is 5.75 Å². The predicted molar refractivity (Wildman–Crippen MR) is 99.2 cm³/mol. The number of nitrogens with zero attached hydrogens (tertiary/aromatic N) is 2. The zero-order valence-electron chi connectivity index (χ0n) is 14.6. The number of hydrogen-bond donors (Lipinski definition) is 0. The molecule has 5 nitrogen and oxygen atoms in total. The van der Waals surface area contributed by atoms with Gasteiger partial charge in [0.25, 0.3) is 0 Å². The number of aromatic nitrogens is 1. The van der Waals surface area contributed by atoms with Gasteiger partial charge >= 0.3 is 0 Å². The molecule has 1 heterocycles. The van der Waals surface area contributed by atoms with E-state index in [9.17, 15) is 0 Å². The minimum absolute atomic E-state index is 0.259. The van der Waals surface area contributed by atoms with E-state index < -0.39 is 0 Å². The number of benzene rings is 2. The summed E-state index contributed by atoms with van der Waals surface area (Å²) in [5.74, 6) is 1.53. The highest BCUT2D eigenvalue weighted by Gasteiger charge is 2.17. The summed E-state index contributed by atoms with van der Waals surface area (Å²) in [6.07, 6.45) is 3.00. The van der Waals surface area contributed by atoms with Crippen molar-refractivity contribution in [2.75, 3.05) is 7.11 Å². The van der Waals surface area contributed by atoms with Gasteiger partial charge in [-0.25, -0.2) is 0 Å². The molecule has 0 bridgehead atoms. The molecule has 4 rings (SSSR count). The molecule has 5 heteroatoms. The normalized spacial score (nSPS) is 14.9. The summed E-state index contributed by atoms with van der Waals surface area (Å²) in [5.41, 5.74) is 5.18. The molecule has 0 saturated heterocycles. The lowest BCUT2D eigenvalue weighted by atomic mass is 9.90. The van der Waals surface area contributed by atoms with Crippen molar-refractivity contribution in [1.82, 2.24) is 5.16 Å². The largest absolute Gasteiger partial charge is 0.497 e. The molecule has 0 saturated carbocycles. The highest BCUT2D eigenvalue weighted by Crippen LogP contribution is 2.26. The van der Waals surface area contributed by atoms with Crippen LogP contribution in [0.2, 0.25) is 0 Å². The molecule has 0 aliphatic heterocycles. The van der Waals surface area contributed by atoms with Gasteiger partial charge in [0.05, 0.1) is 12.8 Å². The number of oxime groups is 1. The second-order valence-electron chi connectivity index (χ2n) is 6.23. The van der Waals surface area contributed by atoms with E-state index in [1.807, 2.05) is 42.5 Å². The minimum Gasteiger partial charge on any atom is -0.497 e. The maximum absolute atomic E-state index is 5.54. The first kappa shape index (κ1) is 16.4. The molecule has 0 amide bonds. The number of fused-ring (bicyclic) bond motifs is 1. The lowest BCUT2D eigenvalue weighted by molar-refractivity contribution is 0.108. The standard InChI is InChI=1S/C21H20N2O3/c1-24-17-10-11-19-16(12-17)8-5-9-20(19)22-25-14-18-13-21(23-26-18)15-6-3-2-4-7-15/h2-4,6-7,10-13H,5,8-9,14H2,1H3/b22-20-. The van der Waals surface area contributed by atoms with Gasteiger partial charge in [-0.1, -0.05) is 40.6 Å². The zero-order chi connectivity index (χ0) is 17.8. The van der Waals surface area contributed by atoms with Crippen molar-refractivity contribution >= 4 is 5.71 Å². The van der Waals surface area contributed by atoms with Crippen LogP contribution in [0, 0.1) is 0 Å². The SMILES string of the molecule is COc1ccc2c(c1)CCC/C2=N/OCc1cc(-c2ccccc2)no1. The van der Waals surface area contributed by atoms with E-state index >= 15 is 0 Å². The first-order chi connectivity index (χ1) is 12.8. The van der Waals surface area contributed by atoms with Gasteiger partial charge in [0.1, 0.15) is 11.4 Å². The first-order valence-corrected chi connectivity index (χ1v) is 8.70. The van der Waals surface area contributed by atoms with Crippen molar-refractivity contribution in [3.8, 4) is 17.0 Å². The smallest absolute Gasteiger partial charge is 0.177 e. The molecule has 1 aliphatic rings. The van der Waals surface area contributed by atoms with Gasteiger partial charge in [-0.15, -0.1) is 0 Å². The summed E-state index contributed by atoms with van der Waals surface area (Å²) in [6.45, 7) is 0.259. The Bertz CT molecular complexity index is 916. The van der Waals surface area contributed by atoms with Crippen LogP contribution in [0.3, 0.4) is 0 Å². The molecule has 1 aromatic heterocycles. The molecule has 1 aliphatic carbocycles. The van der Waals surface area contributed by atoms with Crippen LogP contribution in [0.1, 0.15) is 29.7 Å². The second kappa shape index (κ2) is 7.44. The molecule has 0 N–H and O–H groups in total. The fourth-order valence-corrected chi connectivity index (χ4v) is 3.16. The third-order valence-electron chi connectivity index (χ3n) is 4.49. The van der Waals surface area contributed by atoms with Crippen LogP contribution >= 0.6 is 0 Å². The van der Waals surface area contributed by atoms with Crippen LogP contribution in [0.25, 0.3) is 11.3 Å². The number of ether oxygens (including phenoxy) is 1. The van der Waals surface area contributed by atoms with Gasteiger partial charge in [-0.2, -0.15) is 0 Å². The Balaban J connectivity index is 1.44. The summed E-state index contributed by atoms with van der Waals surface area (Å²) in [6, 6.07) is 17.9. The summed E-state index contributed by atoms with van der Waals surface area (Å²) in [5, 5.41) is 8.43. The molecule has 0 spiro atoms. The Morgan fingerprint density at radius 1 is 1.08 bits per heavy atom. The maximum atomic E-state index is 5.54. The third-order valence-corrected chi connectivity index (χ3v) is 4.49. The highest BCUT2D eigenvalue weighted by atomic mass is 16.6. The van der Waals surface area contributed by atoms with Crippen LogP contribution in [0.4, 0.5) is 0 Å². The fourth-order valence-electron chi connectivity index (χ4n) is 3.16. The topological polar surface area (TPSA) is 56.9 Å². The Labute approximate surface area is 152 Å². The number of aryl methyl sites for hydroxylation is 1.